The molecule has 0 radical (unpaired) electrons. The fourth-order valence-electron chi connectivity index (χ4n) is 2.00. The monoisotopic (exact) mass is 252 g/mol. The zero-order chi connectivity index (χ0) is 13.4. The van der Waals surface area contributed by atoms with Gasteiger partial charge >= 0.3 is 0 Å². The summed E-state index contributed by atoms with van der Waals surface area (Å²) in [5, 5.41) is 3.39. The van der Waals surface area contributed by atoms with Crippen LogP contribution in [0.2, 0.25) is 0 Å². The van der Waals surface area contributed by atoms with E-state index in [4.69, 9.17) is 4.42 Å². The normalized spacial score (nSPS) is 13.2. The third-order valence-corrected chi connectivity index (χ3v) is 3.21. The molecule has 1 heterocycles. The third-order valence-electron chi connectivity index (χ3n) is 3.21. The zero-order valence-corrected chi connectivity index (χ0v) is 12.3. The van der Waals surface area contributed by atoms with Gasteiger partial charge in [0, 0.05) is 18.7 Å². The van der Waals surface area contributed by atoms with Crippen molar-refractivity contribution in [2.45, 2.75) is 46.7 Å². The number of nitrogens with zero attached hydrogens (tertiary/aromatic N) is 1. The summed E-state index contributed by atoms with van der Waals surface area (Å²) in [6.07, 6.45) is 4.27. The molecule has 0 aliphatic rings. The van der Waals surface area contributed by atoms with Gasteiger partial charge in [-0.15, -0.1) is 0 Å². The SMILES string of the molecule is CCCNCc1coc(CN(C)CC(C)CC)c1. The maximum atomic E-state index is 5.60. The van der Waals surface area contributed by atoms with Crippen LogP contribution in [0.5, 0.6) is 0 Å². The Bertz CT molecular complexity index is 322. The Morgan fingerprint density at radius 3 is 2.83 bits per heavy atom. The highest BCUT2D eigenvalue weighted by atomic mass is 16.3. The molecule has 3 heteroatoms. The van der Waals surface area contributed by atoms with Crippen molar-refractivity contribution in [2.24, 2.45) is 5.92 Å². The maximum Gasteiger partial charge on any atom is 0.118 e. The summed E-state index contributed by atoms with van der Waals surface area (Å²) in [6, 6.07) is 2.16. The van der Waals surface area contributed by atoms with Gasteiger partial charge in [-0.3, -0.25) is 4.90 Å². The van der Waals surface area contributed by atoms with Crippen LogP contribution in [-0.4, -0.2) is 25.0 Å². The lowest BCUT2D eigenvalue weighted by Crippen LogP contribution is -2.23. The van der Waals surface area contributed by atoms with Crippen LogP contribution < -0.4 is 5.32 Å². The van der Waals surface area contributed by atoms with Crippen molar-refractivity contribution >= 4 is 0 Å². The molecular formula is C15H28N2O. The van der Waals surface area contributed by atoms with Crippen LogP contribution in [0.25, 0.3) is 0 Å². The van der Waals surface area contributed by atoms with E-state index in [0.717, 1.165) is 37.9 Å². The molecule has 0 spiro atoms. The van der Waals surface area contributed by atoms with Gasteiger partial charge in [0.15, 0.2) is 0 Å². The second-order valence-electron chi connectivity index (χ2n) is 5.31. The van der Waals surface area contributed by atoms with Gasteiger partial charge in [-0.25, -0.2) is 0 Å². The molecule has 1 N–H and O–H groups in total. The van der Waals surface area contributed by atoms with Crippen molar-refractivity contribution in [1.82, 2.24) is 10.2 Å². The van der Waals surface area contributed by atoms with Crippen LogP contribution in [0, 0.1) is 5.92 Å². The molecule has 0 fully saturated rings. The molecule has 0 aliphatic heterocycles. The first kappa shape index (κ1) is 15.3. The molecule has 1 rings (SSSR count). The lowest BCUT2D eigenvalue weighted by Gasteiger charge is -2.18. The maximum absolute atomic E-state index is 5.60. The third kappa shape index (κ3) is 5.69. The Hall–Kier alpha value is -0.800. The first-order chi connectivity index (χ1) is 8.65. The van der Waals surface area contributed by atoms with E-state index in [0.29, 0.717) is 0 Å². The summed E-state index contributed by atoms with van der Waals surface area (Å²) in [6.45, 7) is 10.7. The van der Waals surface area contributed by atoms with Crippen molar-refractivity contribution in [3.63, 3.8) is 0 Å². The molecular weight excluding hydrogens is 224 g/mol. The van der Waals surface area contributed by atoms with Crippen molar-refractivity contribution in [3.8, 4) is 0 Å². The molecule has 1 atom stereocenters. The average molecular weight is 252 g/mol. The van der Waals surface area contributed by atoms with E-state index in [1.54, 1.807) is 0 Å². The molecule has 0 bridgehead atoms. The average Bonchev–Trinajstić information content (AvgIpc) is 2.76. The van der Waals surface area contributed by atoms with Gasteiger partial charge in [-0.05, 0) is 32.0 Å². The quantitative estimate of drug-likeness (QED) is 0.684. The van der Waals surface area contributed by atoms with E-state index in [2.05, 4.69) is 44.1 Å². The van der Waals surface area contributed by atoms with E-state index in [1.807, 2.05) is 6.26 Å². The van der Waals surface area contributed by atoms with E-state index in [-0.39, 0.29) is 0 Å². The summed E-state index contributed by atoms with van der Waals surface area (Å²) in [5.41, 5.74) is 1.25. The molecule has 0 saturated carbocycles. The number of furan rings is 1. The minimum absolute atomic E-state index is 0.746. The van der Waals surface area contributed by atoms with Crippen LogP contribution >= 0.6 is 0 Å². The summed E-state index contributed by atoms with van der Waals surface area (Å²) >= 11 is 0. The molecule has 3 nitrogen and oxygen atoms in total. The van der Waals surface area contributed by atoms with Crippen LogP contribution in [0.3, 0.4) is 0 Å². The zero-order valence-electron chi connectivity index (χ0n) is 12.3. The number of nitrogens with one attached hydrogen (secondary N) is 1. The largest absolute Gasteiger partial charge is 0.468 e. The predicted molar refractivity (Wildman–Crippen MR) is 76.5 cm³/mol. The molecule has 18 heavy (non-hydrogen) atoms. The molecule has 0 amide bonds. The number of hydrogen-bond acceptors (Lipinski definition) is 3. The summed E-state index contributed by atoms with van der Waals surface area (Å²) < 4.78 is 5.60. The van der Waals surface area contributed by atoms with Crippen LogP contribution in [0.15, 0.2) is 16.7 Å². The van der Waals surface area contributed by atoms with Crippen LogP contribution in [0.4, 0.5) is 0 Å². The second kappa shape index (κ2) is 8.33. The van der Waals surface area contributed by atoms with Gasteiger partial charge in [0.1, 0.15) is 5.76 Å². The highest BCUT2D eigenvalue weighted by Crippen LogP contribution is 2.11. The lowest BCUT2D eigenvalue weighted by atomic mass is 10.1. The first-order valence-corrected chi connectivity index (χ1v) is 7.11. The van der Waals surface area contributed by atoms with Crippen molar-refractivity contribution < 1.29 is 4.42 Å². The summed E-state index contributed by atoms with van der Waals surface area (Å²) in [4.78, 5) is 2.33. The highest BCUT2D eigenvalue weighted by molar-refractivity contribution is 5.12. The molecule has 1 aromatic heterocycles. The van der Waals surface area contributed by atoms with Crippen molar-refractivity contribution in [2.75, 3.05) is 20.1 Å². The molecule has 1 aromatic rings. The lowest BCUT2D eigenvalue weighted by molar-refractivity contribution is 0.254. The Labute approximate surface area is 112 Å². The van der Waals surface area contributed by atoms with Gasteiger partial charge in [-0.1, -0.05) is 27.2 Å². The van der Waals surface area contributed by atoms with Crippen molar-refractivity contribution in [3.05, 3.63) is 23.7 Å². The van der Waals surface area contributed by atoms with Gasteiger partial charge in [0.2, 0.25) is 0 Å². The van der Waals surface area contributed by atoms with E-state index >= 15 is 0 Å². The van der Waals surface area contributed by atoms with E-state index in [9.17, 15) is 0 Å². The summed E-state index contributed by atoms with van der Waals surface area (Å²) in [5.74, 6) is 1.81. The molecule has 0 saturated heterocycles. The van der Waals surface area contributed by atoms with Gasteiger partial charge in [0.25, 0.3) is 0 Å². The van der Waals surface area contributed by atoms with Crippen LogP contribution in [-0.2, 0) is 13.1 Å². The highest BCUT2D eigenvalue weighted by Gasteiger charge is 2.08. The fourth-order valence-corrected chi connectivity index (χ4v) is 2.00. The van der Waals surface area contributed by atoms with Crippen molar-refractivity contribution in [1.29, 1.82) is 0 Å². The minimum atomic E-state index is 0.746. The van der Waals surface area contributed by atoms with Gasteiger partial charge in [0.05, 0.1) is 12.8 Å². The second-order valence-corrected chi connectivity index (χ2v) is 5.31. The van der Waals surface area contributed by atoms with E-state index < -0.39 is 0 Å². The Balaban J connectivity index is 2.34. The summed E-state index contributed by atoms with van der Waals surface area (Å²) in [7, 11) is 2.16. The van der Waals surface area contributed by atoms with Crippen LogP contribution in [0.1, 0.15) is 44.9 Å². The minimum Gasteiger partial charge on any atom is -0.468 e. The molecule has 1 unspecified atom stereocenters. The Morgan fingerprint density at radius 2 is 2.17 bits per heavy atom. The predicted octanol–water partition coefficient (Wildman–Crippen LogP) is 3.26. The standard InChI is InChI=1S/C15H28N2O/c1-5-7-16-9-14-8-15(18-12-14)11-17(4)10-13(3)6-2/h8,12-13,16H,5-7,9-11H2,1-4H3. The smallest absolute Gasteiger partial charge is 0.118 e. The molecule has 0 aromatic carbocycles. The Morgan fingerprint density at radius 1 is 1.39 bits per heavy atom. The molecule has 0 aliphatic carbocycles. The van der Waals surface area contributed by atoms with Gasteiger partial charge in [-0.2, -0.15) is 0 Å². The topological polar surface area (TPSA) is 28.4 Å². The van der Waals surface area contributed by atoms with E-state index in [1.165, 1.54) is 18.4 Å². The van der Waals surface area contributed by atoms with Gasteiger partial charge < -0.3 is 9.73 Å². The first-order valence-electron chi connectivity index (χ1n) is 7.11. The molecule has 104 valence electrons. The number of hydrogen-bond donors (Lipinski definition) is 1. The Kier molecular flexibility index (Phi) is 7.06. The fraction of sp³-hybridized carbons (Fsp3) is 0.733. The number of rotatable bonds is 9.